The van der Waals surface area contributed by atoms with Gasteiger partial charge >= 0.3 is 6.03 Å². The Morgan fingerprint density at radius 2 is 2.23 bits per heavy atom. The molecule has 2 N–H and O–H groups in total. The molecule has 2 amide bonds. The summed E-state index contributed by atoms with van der Waals surface area (Å²) in [6.45, 7) is 7.21. The Hall–Kier alpha value is -1.75. The standard InChI is InChI=1S/C17H27N3O2/c1-5-19(4)14-9-6-8-13(12-14)18-16(21)20-11-7-10-15(20)17(2,3)22/h6,8-9,12,15,22H,5,7,10-11H2,1-4H3,(H,18,21). The molecule has 0 saturated carbocycles. The highest BCUT2D eigenvalue weighted by Crippen LogP contribution is 2.27. The lowest BCUT2D eigenvalue weighted by atomic mass is 9.97. The SMILES string of the molecule is CCN(C)c1cccc(NC(=O)N2CCCC2C(C)(C)O)c1. The van der Waals surface area contributed by atoms with Gasteiger partial charge in [-0.2, -0.15) is 0 Å². The molecule has 1 aromatic rings. The van der Waals surface area contributed by atoms with Crippen molar-refractivity contribution in [3.05, 3.63) is 24.3 Å². The predicted molar refractivity (Wildman–Crippen MR) is 90.4 cm³/mol. The summed E-state index contributed by atoms with van der Waals surface area (Å²) in [4.78, 5) is 16.4. The Labute approximate surface area is 132 Å². The first-order valence-electron chi connectivity index (χ1n) is 7.94. The van der Waals surface area contributed by atoms with E-state index in [0.717, 1.165) is 30.8 Å². The number of benzene rings is 1. The number of carbonyl (C=O) groups is 1. The van der Waals surface area contributed by atoms with E-state index in [-0.39, 0.29) is 12.1 Å². The quantitative estimate of drug-likeness (QED) is 0.899. The molecule has 1 atom stereocenters. The van der Waals surface area contributed by atoms with Crippen molar-refractivity contribution >= 4 is 17.4 Å². The highest BCUT2D eigenvalue weighted by atomic mass is 16.3. The fourth-order valence-electron chi connectivity index (χ4n) is 2.94. The average Bonchev–Trinajstić information content (AvgIpc) is 2.96. The second-order valence-corrected chi connectivity index (χ2v) is 6.50. The van der Waals surface area contributed by atoms with Crippen LogP contribution < -0.4 is 10.2 Å². The maximum absolute atomic E-state index is 12.5. The number of nitrogens with one attached hydrogen (secondary N) is 1. The summed E-state index contributed by atoms with van der Waals surface area (Å²) in [5.41, 5.74) is 0.975. The molecule has 1 saturated heterocycles. The van der Waals surface area contributed by atoms with Gasteiger partial charge in [0.05, 0.1) is 11.6 Å². The summed E-state index contributed by atoms with van der Waals surface area (Å²) in [6, 6.07) is 7.55. The van der Waals surface area contributed by atoms with Crippen molar-refractivity contribution in [2.45, 2.75) is 45.3 Å². The van der Waals surface area contributed by atoms with Crippen LogP contribution in [-0.4, -0.2) is 47.8 Å². The Kier molecular flexibility index (Phi) is 4.96. The minimum Gasteiger partial charge on any atom is -0.388 e. The van der Waals surface area contributed by atoms with Crippen molar-refractivity contribution in [3.8, 4) is 0 Å². The molecule has 0 aromatic heterocycles. The molecule has 1 unspecified atom stereocenters. The van der Waals surface area contributed by atoms with E-state index in [1.165, 1.54) is 0 Å². The van der Waals surface area contributed by atoms with Crippen LogP contribution in [0.2, 0.25) is 0 Å². The Morgan fingerprint density at radius 3 is 2.86 bits per heavy atom. The molecule has 1 aliphatic heterocycles. The van der Waals surface area contributed by atoms with E-state index in [4.69, 9.17) is 0 Å². The number of hydrogen-bond donors (Lipinski definition) is 2. The number of aliphatic hydroxyl groups is 1. The monoisotopic (exact) mass is 305 g/mol. The van der Waals surface area contributed by atoms with E-state index in [1.54, 1.807) is 18.7 Å². The fourth-order valence-corrected chi connectivity index (χ4v) is 2.94. The Balaban J connectivity index is 2.09. The smallest absolute Gasteiger partial charge is 0.322 e. The van der Waals surface area contributed by atoms with Crippen molar-refractivity contribution in [3.63, 3.8) is 0 Å². The zero-order chi connectivity index (χ0) is 16.3. The normalized spacial score (nSPS) is 18.4. The number of likely N-dealkylation sites (tertiary alicyclic amines) is 1. The molecule has 0 spiro atoms. The van der Waals surface area contributed by atoms with Gasteiger partial charge in [-0.25, -0.2) is 4.79 Å². The number of urea groups is 1. The third kappa shape index (κ3) is 3.71. The lowest BCUT2D eigenvalue weighted by Crippen LogP contribution is -2.49. The Bertz CT molecular complexity index is 525. The van der Waals surface area contributed by atoms with Crippen LogP contribution in [0.1, 0.15) is 33.6 Å². The summed E-state index contributed by atoms with van der Waals surface area (Å²) in [7, 11) is 2.02. The molecular weight excluding hydrogens is 278 g/mol. The van der Waals surface area contributed by atoms with Gasteiger partial charge in [-0.1, -0.05) is 6.07 Å². The molecule has 0 aliphatic carbocycles. The maximum Gasteiger partial charge on any atom is 0.322 e. The molecule has 1 heterocycles. The van der Waals surface area contributed by atoms with Gasteiger partial charge < -0.3 is 20.2 Å². The molecule has 5 nitrogen and oxygen atoms in total. The fraction of sp³-hybridized carbons (Fsp3) is 0.588. The van der Waals surface area contributed by atoms with Crippen molar-refractivity contribution < 1.29 is 9.90 Å². The van der Waals surface area contributed by atoms with E-state index < -0.39 is 5.60 Å². The molecule has 5 heteroatoms. The first-order chi connectivity index (χ1) is 10.3. The second kappa shape index (κ2) is 6.57. The molecule has 0 radical (unpaired) electrons. The minimum absolute atomic E-state index is 0.131. The van der Waals surface area contributed by atoms with Gasteiger partial charge in [0.1, 0.15) is 0 Å². The summed E-state index contributed by atoms with van der Waals surface area (Å²) in [5.74, 6) is 0. The number of hydrogen-bond acceptors (Lipinski definition) is 3. The third-order valence-electron chi connectivity index (χ3n) is 4.34. The topological polar surface area (TPSA) is 55.8 Å². The number of anilines is 2. The van der Waals surface area contributed by atoms with Crippen LogP contribution >= 0.6 is 0 Å². The summed E-state index contributed by atoms with van der Waals surface area (Å²) in [6.07, 6.45) is 1.77. The minimum atomic E-state index is -0.877. The van der Waals surface area contributed by atoms with Crippen LogP contribution in [0.4, 0.5) is 16.2 Å². The highest BCUT2D eigenvalue weighted by molar-refractivity contribution is 5.90. The predicted octanol–water partition coefficient (Wildman–Crippen LogP) is 2.91. The van der Waals surface area contributed by atoms with Gasteiger partial charge in [0.25, 0.3) is 0 Å². The number of rotatable bonds is 4. The van der Waals surface area contributed by atoms with Gasteiger partial charge in [-0.05, 0) is 51.8 Å². The number of amides is 2. The molecule has 0 bridgehead atoms. The second-order valence-electron chi connectivity index (χ2n) is 6.50. The first kappa shape index (κ1) is 16.6. The van der Waals surface area contributed by atoms with Gasteiger partial charge in [-0.3, -0.25) is 0 Å². The van der Waals surface area contributed by atoms with E-state index in [9.17, 15) is 9.90 Å². The van der Waals surface area contributed by atoms with Crippen molar-refractivity contribution in [2.75, 3.05) is 30.4 Å². The van der Waals surface area contributed by atoms with Gasteiger partial charge in [0, 0.05) is 31.5 Å². The first-order valence-corrected chi connectivity index (χ1v) is 7.94. The summed E-state index contributed by atoms with van der Waals surface area (Å²) >= 11 is 0. The zero-order valence-corrected chi connectivity index (χ0v) is 14.0. The third-order valence-corrected chi connectivity index (χ3v) is 4.34. The van der Waals surface area contributed by atoms with Crippen LogP contribution in [0.25, 0.3) is 0 Å². The van der Waals surface area contributed by atoms with E-state index in [1.807, 2.05) is 31.3 Å². The highest BCUT2D eigenvalue weighted by Gasteiger charge is 2.38. The summed E-state index contributed by atoms with van der Waals surface area (Å²) < 4.78 is 0. The molecule has 1 aliphatic rings. The van der Waals surface area contributed by atoms with Crippen molar-refractivity contribution in [1.29, 1.82) is 0 Å². The number of carbonyl (C=O) groups excluding carboxylic acids is 1. The summed E-state index contributed by atoms with van der Waals surface area (Å²) in [5, 5.41) is 13.2. The van der Waals surface area contributed by atoms with E-state index >= 15 is 0 Å². The van der Waals surface area contributed by atoms with Crippen LogP contribution in [-0.2, 0) is 0 Å². The van der Waals surface area contributed by atoms with Crippen LogP contribution in [0.5, 0.6) is 0 Å². The van der Waals surface area contributed by atoms with Crippen LogP contribution in [0.3, 0.4) is 0 Å². The molecule has 22 heavy (non-hydrogen) atoms. The zero-order valence-electron chi connectivity index (χ0n) is 14.0. The lowest BCUT2D eigenvalue weighted by molar-refractivity contribution is 0.0117. The lowest BCUT2D eigenvalue weighted by Gasteiger charge is -2.33. The molecule has 1 fully saturated rings. The average molecular weight is 305 g/mol. The van der Waals surface area contributed by atoms with Gasteiger partial charge in [-0.15, -0.1) is 0 Å². The number of nitrogens with zero attached hydrogens (tertiary/aromatic N) is 2. The molecule has 1 aromatic carbocycles. The largest absolute Gasteiger partial charge is 0.388 e. The van der Waals surface area contributed by atoms with Crippen molar-refractivity contribution in [2.24, 2.45) is 0 Å². The van der Waals surface area contributed by atoms with E-state index in [0.29, 0.717) is 6.54 Å². The van der Waals surface area contributed by atoms with E-state index in [2.05, 4.69) is 17.1 Å². The Morgan fingerprint density at radius 1 is 1.50 bits per heavy atom. The van der Waals surface area contributed by atoms with Crippen LogP contribution in [0.15, 0.2) is 24.3 Å². The molecule has 2 rings (SSSR count). The maximum atomic E-state index is 12.5. The van der Waals surface area contributed by atoms with Gasteiger partial charge in [0.15, 0.2) is 0 Å². The molecule has 122 valence electrons. The van der Waals surface area contributed by atoms with Gasteiger partial charge in [0.2, 0.25) is 0 Å². The van der Waals surface area contributed by atoms with Crippen LogP contribution in [0, 0.1) is 0 Å². The molecular formula is C17H27N3O2. The van der Waals surface area contributed by atoms with Crippen molar-refractivity contribution in [1.82, 2.24) is 4.90 Å².